The summed E-state index contributed by atoms with van der Waals surface area (Å²) < 4.78 is 0. The van der Waals surface area contributed by atoms with E-state index < -0.39 is 0 Å². The molecule has 2 unspecified atom stereocenters. The van der Waals surface area contributed by atoms with Crippen molar-refractivity contribution in [2.75, 3.05) is 18.1 Å². The summed E-state index contributed by atoms with van der Waals surface area (Å²) in [5.41, 5.74) is 6.48. The number of rotatable bonds is 5. The number of thioether (sulfide) groups is 1. The molecule has 29 heavy (non-hydrogen) atoms. The summed E-state index contributed by atoms with van der Waals surface area (Å²) in [5.74, 6) is -0.279. The Morgan fingerprint density at radius 2 is 2.00 bits per heavy atom. The fraction of sp³-hybridized carbons (Fsp3) is 0.273. The van der Waals surface area contributed by atoms with Crippen molar-refractivity contribution in [3.8, 4) is 0 Å². The third-order valence-corrected chi connectivity index (χ3v) is 5.95. The normalized spacial score (nSPS) is 20.7. The minimum absolute atomic E-state index is 0.00162. The summed E-state index contributed by atoms with van der Waals surface area (Å²) >= 11 is 1.62. The summed E-state index contributed by atoms with van der Waals surface area (Å²) in [7, 11) is 0. The van der Waals surface area contributed by atoms with Gasteiger partial charge in [0.2, 0.25) is 5.91 Å². The molecule has 1 fully saturated rings. The lowest BCUT2D eigenvalue weighted by Gasteiger charge is -2.31. The van der Waals surface area contributed by atoms with Crippen molar-refractivity contribution in [2.45, 2.75) is 30.3 Å². The van der Waals surface area contributed by atoms with Crippen LogP contribution in [0.3, 0.4) is 0 Å². The number of hydrazine groups is 1. The van der Waals surface area contributed by atoms with Crippen LogP contribution in [0.2, 0.25) is 0 Å². The first-order valence-corrected chi connectivity index (χ1v) is 10.8. The maximum atomic E-state index is 12.9. The van der Waals surface area contributed by atoms with E-state index in [-0.39, 0.29) is 30.4 Å². The Labute approximate surface area is 174 Å². The Morgan fingerprint density at radius 1 is 1.21 bits per heavy atom. The fourth-order valence-electron chi connectivity index (χ4n) is 3.64. The number of hydrogen-bond acceptors (Lipinski definition) is 5. The van der Waals surface area contributed by atoms with Gasteiger partial charge in [0.1, 0.15) is 12.6 Å². The van der Waals surface area contributed by atoms with Crippen molar-refractivity contribution in [3.05, 3.63) is 72.1 Å². The predicted molar refractivity (Wildman–Crippen MR) is 115 cm³/mol. The number of nitrogens with one attached hydrogen (secondary N) is 2. The molecule has 150 valence electrons. The molecule has 0 radical (unpaired) electrons. The average molecular weight is 409 g/mol. The van der Waals surface area contributed by atoms with Crippen molar-refractivity contribution in [3.63, 3.8) is 0 Å². The molecular weight excluding hydrogens is 384 g/mol. The Morgan fingerprint density at radius 3 is 2.76 bits per heavy atom. The van der Waals surface area contributed by atoms with Gasteiger partial charge in [-0.3, -0.25) is 9.59 Å². The van der Waals surface area contributed by atoms with Gasteiger partial charge < -0.3 is 15.2 Å². The second-order valence-electron chi connectivity index (χ2n) is 7.30. The van der Waals surface area contributed by atoms with Gasteiger partial charge in [-0.2, -0.15) is 0 Å². The van der Waals surface area contributed by atoms with Gasteiger partial charge in [-0.1, -0.05) is 35.9 Å². The molecular formula is C22H24N4O2S. The largest absolute Gasteiger partial charge is 0.324 e. The third kappa shape index (κ3) is 4.31. The standard InChI is InChI=1S/C22H24N4O2S/c1-15-6-8-16(9-7-15)19-13-20-22(28)25(10-11-26(20)24-19)14-21(27)23-17-4-3-5-18(12-17)29-2/h3-12,19-20,24H,13-14H2,1-2H3,(H,23,27). The SMILES string of the molecule is CSc1cccc(NC(=O)CN2C=CN3NC(c4ccc(C)cc4)CC3C2=O)c1. The predicted octanol–water partition coefficient (Wildman–Crippen LogP) is 3.29. The highest BCUT2D eigenvalue weighted by Crippen LogP contribution is 2.31. The molecule has 2 aromatic rings. The lowest BCUT2D eigenvalue weighted by molar-refractivity contribution is -0.137. The van der Waals surface area contributed by atoms with Crippen molar-refractivity contribution in [2.24, 2.45) is 0 Å². The van der Waals surface area contributed by atoms with Gasteiger partial charge in [0.25, 0.3) is 5.91 Å². The van der Waals surface area contributed by atoms with E-state index in [0.717, 1.165) is 16.1 Å². The van der Waals surface area contributed by atoms with Crippen LogP contribution < -0.4 is 10.7 Å². The molecule has 6 nitrogen and oxygen atoms in total. The van der Waals surface area contributed by atoms with Crippen molar-refractivity contribution in [1.82, 2.24) is 15.3 Å². The summed E-state index contributed by atoms with van der Waals surface area (Å²) in [6.07, 6.45) is 6.16. The van der Waals surface area contributed by atoms with Gasteiger partial charge in [-0.25, -0.2) is 5.43 Å². The molecule has 2 atom stereocenters. The molecule has 2 N–H and O–H groups in total. The zero-order valence-corrected chi connectivity index (χ0v) is 17.3. The summed E-state index contributed by atoms with van der Waals surface area (Å²) in [6, 6.07) is 15.8. The molecule has 4 rings (SSSR count). The van der Waals surface area contributed by atoms with Crippen LogP contribution in [0.1, 0.15) is 23.6 Å². The lowest BCUT2D eigenvalue weighted by atomic mass is 10.00. The Hall–Kier alpha value is -2.77. The number of amides is 2. The molecule has 0 saturated carbocycles. The maximum absolute atomic E-state index is 12.9. The fourth-order valence-corrected chi connectivity index (χ4v) is 4.10. The third-order valence-electron chi connectivity index (χ3n) is 5.22. The molecule has 0 bridgehead atoms. The molecule has 2 aliphatic heterocycles. The molecule has 0 aromatic heterocycles. The molecule has 2 heterocycles. The van der Waals surface area contributed by atoms with Crippen molar-refractivity contribution >= 4 is 29.3 Å². The number of carbonyl (C=O) groups is 2. The zero-order chi connectivity index (χ0) is 20.4. The number of aryl methyl sites for hydroxylation is 1. The average Bonchev–Trinajstić information content (AvgIpc) is 3.16. The molecule has 7 heteroatoms. The Balaban J connectivity index is 1.39. The first-order valence-electron chi connectivity index (χ1n) is 9.57. The highest BCUT2D eigenvalue weighted by atomic mass is 32.2. The Bertz CT molecular complexity index is 944. The van der Waals surface area contributed by atoms with Crippen LogP contribution in [-0.2, 0) is 9.59 Å². The number of anilines is 1. The summed E-state index contributed by atoms with van der Waals surface area (Å²) in [5, 5.41) is 4.73. The number of hydrogen-bond donors (Lipinski definition) is 2. The zero-order valence-electron chi connectivity index (χ0n) is 16.5. The van der Waals surface area contributed by atoms with Crippen LogP contribution in [0.15, 0.2) is 65.8 Å². The minimum Gasteiger partial charge on any atom is -0.324 e. The van der Waals surface area contributed by atoms with Crippen LogP contribution >= 0.6 is 11.8 Å². The summed E-state index contributed by atoms with van der Waals surface area (Å²) in [6.45, 7) is 2.06. The molecule has 0 spiro atoms. The Kier molecular flexibility index (Phi) is 5.60. The van der Waals surface area contributed by atoms with E-state index in [9.17, 15) is 9.59 Å². The molecule has 2 aliphatic rings. The molecule has 2 amide bonds. The maximum Gasteiger partial charge on any atom is 0.251 e. The highest BCUT2D eigenvalue weighted by Gasteiger charge is 2.40. The van der Waals surface area contributed by atoms with Gasteiger partial charge in [-0.15, -0.1) is 11.8 Å². The van der Waals surface area contributed by atoms with Crippen molar-refractivity contribution < 1.29 is 9.59 Å². The van der Waals surface area contributed by atoms with Crippen molar-refractivity contribution in [1.29, 1.82) is 0 Å². The van der Waals surface area contributed by atoms with Gasteiger partial charge in [0.05, 0.1) is 6.04 Å². The van der Waals surface area contributed by atoms with Crippen LogP contribution in [0, 0.1) is 6.92 Å². The van der Waals surface area contributed by atoms with E-state index in [0.29, 0.717) is 6.42 Å². The number of nitrogens with zero attached hydrogens (tertiary/aromatic N) is 2. The highest BCUT2D eigenvalue weighted by molar-refractivity contribution is 7.98. The monoisotopic (exact) mass is 408 g/mol. The van der Waals surface area contributed by atoms with Crippen LogP contribution in [0.25, 0.3) is 0 Å². The number of fused-ring (bicyclic) bond motifs is 1. The number of carbonyl (C=O) groups excluding carboxylic acids is 2. The van der Waals surface area contributed by atoms with E-state index in [1.165, 1.54) is 10.5 Å². The second-order valence-corrected chi connectivity index (χ2v) is 8.18. The van der Waals surface area contributed by atoms with E-state index >= 15 is 0 Å². The lowest BCUT2D eigenvalue weighted by Crippen LogP contribution is -2.49. The van der Waals surface area contributed by atoms with E-state index in [4.69, 9.17) is 0 Å². The van der Waals surface area contributed by atoms with Crippen LogP contribution in [-0.4, -0.2) is 40.6 Å². The van der Waals surface area contributed by atoms with Gasteiger partial charge in [0.15, 0.2) is 0 Å². The molecule has 0 aliphatic carbocycles. The quantitative estimate of drug-likeness (QED) is 0.744. The minimum atomic E-state index is -0.307. The van der Waals surface area contributed by atoms with Gasteiger partial charge in [-0.05, 0) is 43.4 Å². The van der Waals surface area contributed by atoms with Gasteiger partial charge >= 0.3 is 0 Å². The molecule has 1 saturated heterocycles. The van der Waals surface area contributed by atoms with E-state index in [2.05, 4.69) is 41.9 Å². The summed E-state index contributed by atoms with van der Waals surface area (Å²) in [4.78, 5) is 28.0. The topological polar surface area (TPSA) is 64.7 Å². The smallest absolute Gasteiger partial charge is 0.251 e. The van der Waals surface area contributed by atoms with Crippen LogP contribution in [0.5, 0.6) is 0 Å². The first kappa shape index (κ1) is 19.5. The van der Waals surface area contributed by atoms with Gasteiger partial charge in [0, 0.05) is 23.0 Å². The molecule has 2 aromatic carbocycles. The second kappa shape index (κ2) is 8.31. The van der Waals surface area contributed by atoms with E-state index in [1.807, 2.05) is 41.7 Å². The number of benzene rings is 2. The van der Waals surface area contributed by atoms with Crippen LogP contribution in [0.4, 0.5) is 5.69 Å². The van der Waals surface area contributed by atoms with E-state index in [1.54, 1.807) is 18.0 Å². The first-order chi connectivity index (χ1) is 14.0.